The second kappa shape index (κ2) is 6.70. The van der Waals surface area contributed by atoms with Gasteiger partial charge in [-0.3, -0.25) is 0 Å². The fraction of sp³-hybridized carbons (Fsp3) is 0.200. The van der Waals surface area contributed by atoms with Gasteiger partial charge in [-0.25, -0.2) is 4.39 Å². The van der Waals surface area contributed by atoms with E-state index in [1.165, 1.54) is 12.1 Å². The molecule has 0 saturated carbocycles. The summed E-state index contributed by atoms with van der Waals surface area (Å²) in [4.78, 5) is 0. The first-order valence-corrected chi connectivity index (χ1v) is 7.61. The number of ether oxygens (including phenoxy) is 1. The molecule has 0 aliphatic rings. The van der Waals surface area contributed by atoms with Gasteiger partial charge in [-0.15, -0.1) is 0 Å². The molecular formula is C15H14Br2FNO. The fourth-order valence-corrected chi connectivity index (χ4v) is 3.00. The Morgan fingerprint density at radius 3 is 2.50 bits per heavy atom. The van der Waals surface area contributed by atoms with Crippen molar-refractivity contribution in [3.05, 3.63) is 62.3 Å². The number of methoxy groups -OCH3 is 1. The predicted molar refractivity (Wildman–Crippen MR) is 85.7 cm³/mol. The van der Waals surface area contributed by atoms with E-state index in [-0.39, 0.29) is 11.9 Å². The van der Waals surface area contributed by atoms with Gasteiger partial charge in [0.05, 0.1) is 13.2 Å². The van der Waals surface area contributed by atoms with Crippen molar-refractivity contribution in [1.29, 1.82) is 0 Å². The molecule has 1 N–H and O–H groups in total. The van der Waals surface area contributed by atoms with Crippen LogP contribution in [-0.2, 0) is 0 Å². The molecule has 0 radical (unpaired) electrons. The van der Waals surface area contributed by atoms with Crippen molar-refractivity contribution in [1.82, 2.24) is 5.32 Å². The van der Waals surface area contributed by atoms with Crippen LogP contribution in [0.5, 0.6) is 5.75 Å². The van der Waals surface area contributed by atoms with Crippen molar-refractivity contribution in [2.24, 2.45) is 0 Å². The van der Waals surface area contributed by atoms with Crippen molar-refractivity contribution in [3.63, 3.8) is 0 Å². The van der Waals surface area contributed by atoms with Gasteiger partial charge >= 0.3 is 0 Å². The average Bonchev–Trinajstić information content (AvgIpc) is 2.44. The molecule has 5 heteroatoms. The first-order chi connectivity index (χ1) is 9.56. The van der Waals surface area contributed by atoms with Crippen LogP contribution in [0.2, 0.25) is 0 Å². The Hall–Kier alpha value is -0.910. The predicted octanol–water partition coefficient (Wildman–Crippen LogP) is 4.67. The maximum absolute atomic E-state index is 13.5. The van der Waals surface area contributed by atoms with Crippen molar-refractivity contribution in [3.8, 4) is 5.75 Å². The van der Waals surface area contributed by atoms with Crippen molar-refractivity contribution in [2.75, 3.05) is 14.2 Å². The van der Waals surface area contributed by atoms with E-state index in [1.54, 1.807) is 13.2 Å². The highest BCUT2D eigenvalue weighted by molar-refractivity contribution is 9.10. The lowest BCUT2D eigenvalue weighted by Gasteiger charge is -2.21. The smallest absolute Gasteiger partial charge is 0.124 e. The summed E-state index contributed by atoms with van der Waals surface area (Å²) < 4.78 is 20.7. The third kappa shape index (κ3) is 3.22. The third-order valence-corrected chi connectivity index (χ3v) is 4.28. The van der Waals surface area contributed by atoms with Gasteiger partial charge in [0.2, 0.25) is 0 Å². The zero-order valence-corrected chi connectivity index (χ0v) is 14.3. The number of hydrogen-bond acceptors (Lipinski definition) is 2. The summed E-state index contributed by atoms with van der Waals surface area (Å²) in [5, 5.41) is 3.21. The molecule has 2 aromatic rings. The van der Waals surface area contributed by atoms with Crippen LogP contribution in [-0.4, -0.2) is 14.2 Å². The highest BCUT2D eigenvalue weighted by Gasteiger charge is 2.19. The summed E-state index contributed by atoms with van der Waals surface area (Å²) in [6.07, 6.45) is 0. The molecule has 2 rings (SSSR count). The molecule has 2 aromatic carbocycles. The van der Waals surface area contributed by atoms with Crippen molar-refractivity contribution < 1.29 is 9.13 Å². The zero-order chi connectivity index (χ0) is 14.7. The first-order valence-electron chi connectivity index (χ1n) is 6.02. The summed E-state index contributed by atoms with van der Waals surface area (Å²) in [6, 6.07) is 10.3. The van der Waals surface area contributed by atoms with Crippen LogP contribution in [0.3, 0.4) is 0 Å². The molecule has 20 heavy (non-hydrogen) atoms. The Kier molecular flexibility index (Phi) is 5.18. The largest absolute Gasteiger partial charge is 0.496 e. The summed E-state index contributed by atoms with van der Waals surface area (Å²) in [6.45, 7) is 0. The number of hydrogen-bond donors (Lipinski definition) is 1. The topological polar surface area (TPSA) is 21.3 Å². The molecule has 0 fully saturated rings. The number of rotatable bonds is 4. The molecule has 106 valence electrons. The SMILES string of the molecule is CNC(c1cc(F)ccc1Br)c1cc(Br)ccc1OC. The van der Waals surface area contributed by atoms with Gasteiger partial charge in [-0.2, -0.15) is 0 Å². The Labute approximate surface area is 134 Å². The summed E-state index contributed by atoms with van der Waals surface area (Å²) in [5.41, 5.74) is 1.76. The minimum atomic E-state index is -0.266. The molecule has 1 atom stereocenters. The molecule has 1 unspecified atom stereocenters. The van der Waals surface area contributed by atoms with Crippen LogP contribution in [0.4, 0.5) is 4.39 Å². The maximum atomic E-state index is 13.5. The molecule has 0 amide bonds. The minimum absolute atomic E-state index is 0.174. The molecule has 2 nitrogen and oxygen atoms in total. The monoisotopic (exact) mass is 401 g/mol. The van der Waals surface area contributed by atoms with Gasteiger partial charge in [0.15, 0.2) is 0 Å². The van der Waals surface area contributed by atoms with E-state index in [9.17, 15) is 4.39 Å². The number of nitrogens with one attached hydrogen (secondary N) is 1. The van der Waals surface area contributed by atoms with Gasteiger partial charge in [-0.1, -0.05) is 31.9 Å². The van der Waals surface area contributed by atoms with E-state index in [0.717, 1.165) is 25.8 Å². The highest BCUT2D eigenvalue weighted by atomic mass is 79.9. The number of halogens is 3. The van der Waals surface area contributed by atoms with Crippen LogP contribution in [0.25, 0.3) is 0 Å². The maximum Gasteiger partial charge on any atom is 0.124 e. The van der Waals surface area contributed by atoms with Crippen LogP contribution in [0, 0.1) is 5.82 Å². The van der Waals surface area contributed by atoms with E-state index in [0.29, 0.717) is 0 Å². The molecule has 0 aliphatic carbocycles. The second-order valence-corrected chi connectivity index (χ2v) is 6.04. The van der Waals surface area contributed by atoms with E-state index >= 15 is 0 Å². The van der Waals surface area contributed by atoms with E-state index in [1.807, 2.05) is 25.2 Å². The van der Waals surface area contributed by atoms with Gasteiger partial charge in [0, 0.05) is 14.5 Å². The Morgan fingerprint density at radius 2 is 1.85 bits per heavy atom. The number of benzene rings is 2. The van der Waals surface area contributed by atoms with E-state index < -0.39 is 0 Å². The van der Waals surface area contributed by atoms with E-state index in [2.05, 4.69) is 37.2 Å². The second-order valence-electron chi connectivity index (χ2n) is 4.27. The van der Waals surface area contributed by atoms with Gasteiger partial charge < -0.3 is 10.1 Å². The van der Waals surface area contributed by atoms with Gasteiger partial charge in [0.1, 0.15) is 11.6 Å². The summed E-state index contributed by atoms with van der Waals surface area (Å²) >= 11 is 6.93. The first kappa shape index (κ1) is 15.5. The standard InChI is InChI=1S/C15H14Br2FNO/c1-19-15(11-8-10(18)4-5-13(11)17)12-7-9(16)3-6-14(12)20-2/h3-8,15,19H,1-2H3. The summed E-state index contributed by atoms with van der Waals surface area (Å²) in [5.74, 6) is 0.487. The van der Waals surface area contributed by atoms with Crippen molar-refractivity contribution in [2.45, 2.75) is 6.04 Å². The molecule has 0 aliphatic heterocycles. The van der Waals surface area contributed by atoms with Crippen molar-refractivity contribution >= 4 is 31.9 Å². The molecule has 0 heterocycles. The lowest BCUT2D eigenvalue weighted by molar-refractivity contribution is 0.405. The zero-order valence-electron chi connectivity index (χ0n) is 11.1. The van der Waals surface area contributed by atoms with E-state index in [4.69, 9.17) is 4.74 Å². The van der Waals surface area contributed by atoms with Crippen LogP contribution in [0.1, 0.15) is 17.2 Å². The Bertz CT molecular complexity index is 619. The Morgan fingerprint density at radius 1 is 1.10 bits per heavy atom. The lowest BCUT2D eigenvalue weighted by atomic mass is 9.98. The quantitative estimate of drug-likeness (QED) is 0.802. The molecule has 0 aromatic heterocycles. The highest BCUT2D eigenvalue weighted by Crippen LogP contribution is 2.35. The minimum Gasteiger partial charge on any atom is -0.496 e. The molecule has 0 spiro atoms. The fourth-order valence-electron chi connectivity index (χ4n) is 2.15. The van der Waals surface area contributed by atoms with Gasteiger partial charge in [0.25, 0.3) is 0 Å². The normalized spacial score (nSPS) is 12.2. The lowest BCUT2D eigenvalue weighted by Crippen LogP contribution is -2.19. The molecule has 0 bridgehead atoms. The third-order valence-electron chi connectivity index (χ3n) is 3.06. The van der Waals surface area contributed by atoms with Crippen LogP contribution < -0.4 is 10.1 Å². The van der Waals surface area contributed by atoms with Gasteiger partial charge in [-0.05, 0) is 49.0 Å². The Balaban J connectivity index is 2.57. The summed E-state index contributed by atoms with van der Waals surface area (Å²) in [7, 11) is 3.46. The molecule has 0 saturated heterocycles. The average molecular weight is 403 g/mol. The molecular weight excluding hydrogens is 389 g/mol. The van der Waals surface area contributed by atoms with Crippen LogP contribution >= 0.6 is 31.9 Å². The van der Waals surface area contributed by atoms with Crippen LogP contribution in [0.15, 0.2) is 45.3 Å².